The number of carbonyl (C=O) groups excluding carboxylic acids is 1. The van der Waals surface area contributed by atoms with Crippen molar-refractivity contribution < 1.29 is 15.0 Å². The minimum atomic E-state index is -0.680. The van der Waals surface area contributed by atoms with E-state index in [1.54, 1.807) is 20.8 Å². The molecule has 2 atom stereocenters. The van der Waals surface area contributed by atoms with Crippen LogP contribution in [0.25, 0.3) is 0 Å². The van der Waals surface area contributed by atoms with Gasteiger partial charge in [0, 0.05) is 11.5 Å². The van der Waals surface area contributed by atoms with Gasteiger partial charge in [-0.1, -0.05) is 6.58 Å². The third-order valence-corrected chi connectivity index (χ3v) is 2.34. The van der Waals surface area contributed by atoms with Gasteiger partial charge < -0.3 is 15.5 Å². The Hall–Kier alpha value is -0.870. The molecule has 0 aliphatic heterocycles. The minimum absolute atomic E-state index is 0.178. The van der Waals surface area contributed by atoms with E-state index in [0.29, 0.717) is 0 Å². The normalized spacial score (nSPS) is 15.8. The van der Waals surface area contributed by atoms with Gasteiger partial charge in [-0.2, -0.15) is 0 Å². The molecule has 82 valence electrons. The Morgan fingerprint density at radius 3 is 2.43 bits per heavy atom. The van der Waals surface area contributed by atoms with E-state index in [-0.39, 0.29) is 12.5 Å². The quantitative estimate of drug-likeness (QED) is 0.551. The third-order valence-electron chi connectivity index (χ3n) is 2.34. The molecular formula is C10H19NO3. The monoisotopic (exact) mass is 201 g/mol. The Balaban J connectivity index is 4.55. The highest BCUT2D eigenvalue weighted by molar-refractivity contribution is 5.87. The first-order valence-corrected chi connectivity index (χ1v) is 4.58. The summed E-state index contributed by atoms with van der Waals surface area (Å²) in [6.45, 7) is 8.25. The molecule has 0 fully saturated rings. The van der Waals surface area contributed by atoms with Crippen LogP contribution >= 0.6 is 0 Å². The first kappa shape index (κ1) is 13.1. The molecule has 0 heterocycles. The minimum Gasteiger partial charge on any atom is -0.396 e. The van der Waals surface area contributed by atoms with Gasteiger partial charge in [0.25, 0.3) is 0 Å². The van der Waals surface area contributed by atoms with Gasteiger partial charge >= 0.3 is 0 Å². The van der Waals surface area contributed by atoms with E-state index in [1.807, 2.05) is 0 Å². The lowest BCUT2D eigenvalue weighted by Crippen LogP contribution is -2.53. The summed E-state index contributed by atoms with van der Waals surface area (Å²) >= 11 is 0. The summed E-state index contributed by atoms with van der Waals surface area (Å²) < 4.78 is 0. The fourth-order valence-electron chi connectivity index (χ4n) is 1.45. The molecular weight excluding hydrogens is 182 g/mol. The summed E-state index contributed by atoms with van der Waals surface area (Å²) in [4.78, 5) is 11.1. The van der Waals surface area contributed by atoms with Crippen LogP contribution in [0, 0.1) is 5.92 Å². The van der Waals surface area contributed by atoms with Gasteiger partial charge in [-0.15, -0.1) is 0 Å². The molecule has 4 nitrogen and oxygen atoms in total. The zero-order chi connectivity index (χ0) is 11.4. The molecule has 0 spiro atoms. The molecule has 0 bridgehead atoms. The summed E-state index contributed by atoms with van der Waals surface area (Å²) in [6.07, 6.45) is 0.484. The largest absolute Gasteiger partial charge is 0.396 e. The summed E-state index contributed by atoms with van der Waals surface area (Å²) in [5, 5.41) is 21.1. The highest BCUT2D eigenvalue weighted by atomic mass is 16.3. The summed E-state index contributed by atoms with van der Waals surface area (Å²) in [5.41, 5.74) is -0.659. The van der Waals surface area contributed by atoms with Crippen molar-refractivity contribution in [1.29, 1.82) is 0 Å². The molecule has 0 saturated carbocycles. The van der Waals surface area contributed by atoms with Crippen molar-refractivity contribution in [3.63, 3.8) is 0 Å². The van der Waals surface area contributed by atoms with E-state index >= 15 is 0 Å². The fraction of sp³-hybridized carbons (Fsp3) is 0.700. The van der Waals surface area contributed by atoms with Crippen molar-refractivity contribution in [1.82, 2.24) is 5.32 Å². The van der Waals surface area contributed by atoms with E-state index in [0.717, 1.165) is 6.08 Å². The summed E-state index contributed by atoms with van der Waals surface area (Å²) in [7, 11) is 0. The number of carbonyl (C=O) groups is 1. The van der Waals surface area contributed by atoms with E-state index in [4.69, 9.17) is 5.11 Å². The lowest BCUT2D eigenvalue weighted by atomic mass is 9.84. The van der Waals surface area contributed by atoms with Gasteiger partial charge in [0.15, 0.2) is 0 Å². The van der Waals surface area contributed by atoms with Gasteiger partial charge in [0.1, 0.15) is 0 Å². The Labute approximate surface area is 84.6 Å². The predicted octanol–water partition coefficient (Wildman–Crippen LogP) is 0.0565. The summed E-state index contributed by atoms with van der Waals surface area (Å²) in [5.74, 6) is -0.708. The zero-order valence-electron chi connectivity index (χ0n) is 8.95. The Morgan fingerprint density at radius 1 is 1.64 bits per heavy atom. The van der Waals surface area contributed by atoms with Crippen LogP contribution in [0.3, 0.4) is 0 Å². The Bertz CT molecular complexity index is 211. The fourth-order valence-corrected chi connectivity index (χ4v) is 1.45. The number of rotatable bonds is 5. The van der Waals surface area contributed by atoms with Crippen LogP contribution in [-0.2, 0) is 4.79 Å². The first-order valence-electron chi connectivity index (χ1n) is 4.58. The highest BCUT2D eigenvalue weighted by Gasteiger charge is 2.33. The lowest BCUT2D eigenvalue weighted by molar-refractivity contribution is -0.119. The van der Waals surface area contributed by atoms with Crippen LogP contribution < -0.4 is 5.32 Å². The van der Waals surface area contributed by atoms with Crippen molar-refractivity contribution in [3.05, 3.63) is 12.7 Å². The Kier molecular flexibility index (Phi) is 4.80. The maximum absolute atomic E-state index is 11.1. The number of hydrogen-bond acceptors (Lipinski definition) is 3. The molecule has 3 N–H and O–H groups in total. The SMILES string of the molecule is C=CC(=O)NC(C)(C)C(CO)C(C)O. The van der Waals surface area contributed by atoms with E-state index < -0.39 is 17.6 Å². The maximum Gasteiger partial charge on any atom is 0.243 e. The molecule has 0 saturated heterocycles. The first-order chi connectivity index (χ1) is 6.35. The van der Waals surface area contributed by atoms with Crippen molar-refractivity contribution in [2.45, 2.75) is 32.4 Å². The number of amides is 1. The van der Waals surface area contributed by atoms with Gasteiger partial charge in [-0.3, -0.25) is 4.79 Å². The third kappa shape index (κ3) is 3.47. The molecule has 0 aliphatic carbocycles. The zero-order valence-corrected chi connectivity index (χ0v) is 8.95. The van der Waals surface area contributed by atoms with Crippen LogP contribution in [0.5, 0.6) is 0 Å². The van der Waals surface area contributed by atoms with Crippen LogP contribution in [0.4, 0.5) is 0 Å². The smallest absolute Gasteiger partial charge is 0.243 e. The predicted molar refractivity (Wildman–Crippen MR) is 54.7 cm³/mol. The molecule has 0 aromatic rings. The molecule has 0 rings (SSSR count). The number of nitrogens with one attached hydrogen (secondary N) is 1. The van der Waals surface area contributed by atoms with Crippen LogP contribution in [0.2, 0.25) is 0 Å². The van der Waals surface area contributed by atoms with Gasteiger partial charge in [-0.05, 0) is 26.8 Å². The van der Waals surface area contributed by atoms with Crippen molar-refractivity contribution in [3.8, 4) is 0 Å². The molecule has 4 heteroatoms. The summed E-state index contributed by atoms with van der Waals surface area (Å²) in [6, 6.07) is 0. The number of aliphatic hydroxyl groups excluding tert-OH is 2. The lowest BCUT2D eigenvalue weighted by Gasteiger charge is -2.35. The topological polar surface area (TPSA) is 69.6 Å². The van der Waals surface area contributed by atoms with Gasteiger partial charge in [0.2, 0.25) is 5.91 Å². The van der Waals surface area contributed by atoms with Crippen LogP contribution in [0.1, 0.15) is 20.8 Å². The second-order valence-electron chi connectivity index (χ2n) is 3.94. The van der Waals surface area contributed by atoms with Gasteiger partial charge in [-0.25, -0.2) is 0 Å². The van der Waals surface area contributed by atoms with E-state index in [1.165, 1.54) is 0 Å². The molecule has 0 radical (unpaired) electrons. The maximum atomic E-state index is 11.1. The number of hydrogen-bond donors (Lipinski definition) is 3. The average Bonchev–Trinajstić information content (AvgIpc) is 2.02. The Morgan fingerprint density at radius 2 is 2.14 bits per heavy atom. The molecule has 2 unspecified atom stereocenters. The molecule has 0 aromatic heterocycles. The van der Waals surface area contributed by atoms with Crippen molar-refractivity contribution >= 4 is 5.91 Å². The van der Waals surface area contributed by atoms with E-state index in [2.05, 4.69) is 11.9 Å². The number of aliphatic hydroxyl groups is 2. The van der Waals surface area contributed by atoms with Crippen molar-refractivity contribution in [2.24, 2.45) is 5.92 Å². The molecule has 0 aliphatic rings. The molecule has 0 aromatic carbocycles. The van der Waals surface area contributed by atoms with E-state index in [9.17, 15) is 9.90 Å². The van der Waals surface area contributed by atoms with Crippen LogP contribution in [-0.4, -0.2) is 34.4 Å². The van der Waals surface area contributed by atoms with Gasteiger partial charge in [0.05, 0.1) is 12.7 Å². The average molecular weight is 201 g/mol. The second-order valence-corrected chi connectivity index (χ2v) is 3.94. The molecule has 1 amide bonds. The van der Waals surface area contributed by atoms with Crippen molar-refractivity contribution in [2.75, 3.05) is 6.61 Å². The second kappa shape index (κ2) is 5.12. The standard InChI is InChI=1S/C10H19NO3/c1-5-9(14)11-10(3,4)8(6-12)7(2)13/h5,7-8,12-13H,1,6H2,2-4H3,(H,11,14). The molecule has 14 heavy (non-hydrogen) atoms. The highest BCUT2D eigenvalue weighted by Crippen LogP contribution is 2.19. The van der Waals surface area contributed by atoms with Crippen LogP contribution in [0.15, 0.2) is 12.7 Å².